The van der Waals surface area contributed by atoms with Crippen LogP contribution in [0, 0.1) is 11.3 Å². The Morgan fingerprint density at radius 2 is 2.05 bits per heavy atom. The lowest BCUT2D eigenvalue weighted by Gasteiger charge is -2.33. The minimum Gasteiger partial charge on any atom is -0.481 e. The Morgan fingerprint density at radius 3 is 2.68 bits per heavy atom. The molecule has 0 spiro atoms. The second-order valence-electron chi connectivity index (χ2n) is 6.48. The molecule has 0 radical (unpaired) electrons. The average Bonchev–Trinajstić information content (AvgIpc) is 3.30. The van der Waals surface area contributed by atoms with Crippen molar-refractivity contribution < 1.29 is 14.7 Å². The van der Waals surface area contributed by atoms with E-state index < -0.39 is 11.9 Å². The van der Waals surface area contributed by atoms with Gasteiger partial charge in [-0.05, 0) is 43.7 Å². The standard InChI is InChI=1S/C17H20ClNO3/c18-14-6-2-1-4-12(14)10-17(7-8-17)16(22)19-9-3-5-13(11-19)15(20)21/h1-2,4,6,13H,3,5,7-11H2,(H,20,21). The maximum absolute atomic E-state index is 12.9. The quantitative estimate of drug-likeness (QED) is 0.927. The largest absolute Gasteiger partial charge is 0.481 e. The topological polar surface area (TPSA) is 57.6 Å². The van der Waals surface area contributed by atoms with Gasteiger partial charge in [0.25, 0.3) is 0 Å². The van der Waals surface area contributed by atoms with Gasteiger partial charge >= 0.3 is 5.97 Å². The minimum absolute atomic E-state index is 0.110. The van der Waals surface area contributed by atoms with E-state index in [4.69, 9.17) is 11.6 Å². The summed E-state index contributed by atoms with van der Waals surface area (Å²) in [4.78, 5) is 25.8. The number of hydrogen-bond donors (Lipinski definition) is 1. The average molecular weight is 322 g/mol. The highest BCUT2D eigenvalue weighted by Gasteiger charge is 2.52. The molecule has 1 atom stereocenters. The van der Waals surface area contributed by atoms with E-state index in [0.717, 1.165) is 24.8 Å². The lowest BCUT2D eigenvalue weighted by molar-refractivity contribution is -0.147. The first-order valence-electron chi connectivity index (χ1n) is 7.77. The maximum atomic E-state index is 12.9. The van der Waals surface area contributed by atoms with Gasteiger partial charge in [0.1, 0.15) is 0 Å². The van der Waals surface area contributed by atoms with Crippen LogP contribution in [0.2, 0.25) is 5.02 Å². The van der Waals surface area contributed by atoms with Gasteiger partial charge in [0.15, 0.2) is 0 Å². The van der Waals surface area contributed by atoms with Crippen molar-refractivity contribution in [2.75, 3.05) is 13.1 Å². The van der Waals surface area contributed by atoms with E-state index >= 15 is 0 Å². The van der Waals surface area contributed by atoms with Gasteiger partial charge in [-0.3, -0.25) is 9.59 Å². The van der Waals surface area contributed by atoms with Crippen molar-refractivity contribution in [3.05, 3.63) is 34.9 Å². The van der Waals surface area contributed by atoms with Gasteiger partial charge in [0.05, 0.1) is 11.3 Å². The third-order valence-electron chi connectivity index (χ3n) is 4.85. The van der Waals surface area contributed by atoms with Gasteiger partial charge in [0, 0.05) is 18.1 Å². The van der Waals surface area contributed by atoms with Gasteiger partial charge in [-0.2, -0.15) is 0 Å². The number of nitrogens with zero attached hydrogens (tertiary/aromatic N) is 1. The molecule has 2 aliphatic rings. The van der Waals surface area contributed by atoms with Crippen molar-refractivity contribution in [3.8, 4) is 0 Å². The van der Waals surface area contributed by atoms with Crippen molar-refractivity contribution >= 4 is 23.5 Å². The number of likely N-dealkylation sites (tertiary alicyclic amines) is 1. The van der Waals surface area contributed by atoms with Crippen molar-refractivity contribution in [1.82, 2.24) is 4.90 Å². The number of halogens is 1. The summed E-state index contributed by atoms with van der Waals surface area (Å²) < 4.78 is 0. The summed E-state index contributed by atoms with van der Waals surface area (Å²) in [5, 5.41) is 9.87. The van der Waals surface area contributed by atoms with Crippen molar-refractivity contribution in [2.45, 2.75) is 32.1 Å². The van der Waals surface area contributed by atoms with Crippen LogP contribution in [0.1, 0.15) is 31.2 Å². The zero-order valence-corrected chi connectivity index (χ0v) is 13.2. The third kappa shape index (κ3) is 2.98. The Kier molecular flexibility index (Phi) is 4.13. The van der Waals surface area contributed by atoms with Crippen LogP contribution >= 0.6 is 11.6 Å². The van der Waals surface area contributed by atoms with Crippen molar-refractivity contribution in [3.63, 3.8) is 0 Å². The molecule has 1 N–H and O–H groups in total. The highest BCUT2D eigenvalue weighted by Crippen LogP contribution is 2.51. The van der Waals surface area contributed by atoms with E-state index in [9.17, 15) is 14.7 Å². The van der Waals surface area contributed by atoms with Gasteiger partial charge < -0.3 is 10.0 Å². The molecular weight excluding hydrogens is 302 g/mol. The number of carboxylic acids is 1. The summed E-state index contributed by atoms with van der Waals surface area (Å²) in [6.45, 7) is 1.02. The van der Waals surface area contributed by atoms with Crippen molar-refractivity contribution in [1.29, 1.82) is 0 Å². The summed E-state index contributed by atoms with van der Waals surface area (Å²) in [5.74, 6) is -1.11. The molecule has 2 fully saturated rings. The number of rotatable bonds is 4. The molecule has 1 unspecified atom stereocenters. The number of benzene rings is 1. The minimum atomic E-state index is -0.798. The predicted octanol–water partition coefficient (Wildman–Crippen LogP) is 2.99. The van der Waals surface area contributed by atoms with Crippen LogP contribution < -0.4 is 0 Å². The van der Waals surface area contributed by atoms with E-state index in [0.29, 0.717) is 31.0 Å². The fourth-order valence-electron chi connectivity index (χ4n) is 3.32. The first-order chi connectivity index (χ1) is 10.5. The summed E-state index contributed by atoms with van der Waals surface area (Å²) >= 11 is 6.21. The molecule has 1 saturated carbocycles. The third-order valence-corrected chi connectivity index (χ3v) is 5.22. The predicted molar refractivity (Wildman–Crippen MR) is 83.8 cm³/mol. The molecule has 0 bridgehead atoms. The summed E-state index contributed by atoms with van der Waals surface area (Å²) in [6.07, 6.45) is 3.82. The number of aliphatic carboxylic acids is 1. The van der Waals surface area contributed by atoms with Gasteiger partial charge in [-0.25, -0.2) is 0 Å². The Balaban J connectivity index is 1.71. The highest BCUT2D eigenvalue weighted by molar-refractivity contribution is 6.31. The van der Waals surface area contributed by atoms with Crippen LogP contribution in [0.25, 0.3) is 0 Å². The lowest BCUT2D eigenvalue weighted by atomic mass is 9.92. The molecule has 5 heteroatoms. The number of carbonyl (C=O) groups is 2. The monoisotopic (exact) mass is 321 g/mol. The van der Waals surface area contributed by atoms with E-state index in [1.807, 2.05) is 24.3 Å². The first-order valence-corrected chi connectivity index (χ1v) is 8.15. The normalized spacial score (nSPS) is 23.1. The molecule has 3 rings (SSSR count). The number of hydrogen-bond acceptors (Lipinski definition) is 2. The van der Waals surface area contributed by atoms with Gasteiger partial charge in [0.2, 0.25) is 5.91 Å². The van der Waals surface area contributed by atoms with Gasteiger partial charge in [-0.15, -0.1) is 0 Å². The molecule has 22 heavy (non-hydrogen) atoms. The van der Waals surface area contributed by atoms with Crippen molar-refractivity contribution in [2.24, 2.45) is 11.3 Å². The first kappa shape index (κ1) is 15.3. The van der Waals surface area contributed by atoms with E-state index in [1.54, 1.807) is 4.90 Å². The molecule has 118 valence electrons. The van der Waals surface area contributed by atoms with Gasteiger partial charge in [-0.1, -0.05) is 29.8 Å². The molecule has 1 amide bonds. The Bertz CT molecular complexity index is 597. The maximum Gasteiger partial charge on any atom is 0.308 e. The number of amides is 1. The Morgan fingerprint density at radius 1 is 1.32 bits per heavy atom. The molecule has 0 aromatic heterocycles. The second-order valence-corrected chi connectivity index (χ2v) is 6.88. The number of carboxylic acid groups (broad SMARTS) is 1. The Hall–Kier alpha value is -1.55. The fraction of sp³-hybridized carbons (Fsp3) is 0.529. The zero-order chi connectivity index (χ0) is 15.7. The summed E-state index contributed by atoms with van der Waals surface area (Å²) in [7, 11) is 0. The molecular formula is C17H20ClNO3. The molecule has 1 saturated heterocycles. The van der Waals surface area contributed by atoms with E-state index in [2.05, 4.69) is 0 Å². The van der Waals surface area contributed by atoms with Crippen LogP contribution in [0.3, 0.4) is 0 Å². The number of carbonyl (C=O) groups excluding carboxylic acids is 1. The lowest BCUT2D eigenvalue weighted by Crippen LogP contribution is -2.46. The molecule has 1 aliphatic heterocycles. The molecule has 1 aliphatic carbocycles. The highest BCUT2D eigenvalue weighted by atomic mass is 35.5. The number of piperidine rings is 1. The van der Waals surface area contributed by atoms with Crippen LogP contribution in [0.5, 0.6) is 0 Å². The molecule has 1 aromatic carbocycles. The summed E-state index contributed by atoms with van der Waals surface area (Å²) in [6, 6.07) is 7.63. The SMILES string of the molecule is O=C(O)C1CCCN(C(=O)C2(Cc3ccccc3Cl)CC2)C1. The molecule has 4 nitrogen and oxygen atoms in total. The summed E-state index contributed by atoms with van der Waals surface area (Å²) in [5.41, 5.74) is 0.646. The Labute approximate surface area is 135 Å². The van der Waals surface area contributed by atoms with E-state index in [-0.39, 0.29) is 11.3 Å². The zero-order valence-electron chi connectivity index (χ0n) is 12.4. The van der Waals surface area contributed by atoms with E-state index in [1.165, 1.54) is 0 Å². The van der Waals surface area contributed by atoms with Crippen LogP contribution in [-0.2, 0) is 16.0 Å². The van der Waals surface area contributed by atoms with Crippen LogP contribution in [-0.4, -0.2) is 35.0 Å². The second kappa shape index (κ2) is 5.92. The molecule has 1 aromatic rings. The van der Waals surface area contributed by atoms with Crippen LogP contribution in [0.15, 0.2) is 24.3 Å². The van der Waals surface area contributed by atoms with Crippen LogP contribution in [0.4, 0.5) is 0 Å². The fourth-order valence-corrected chi connectivity index (χ4v) is 3.52. The molecule has 1 heterocycles. The smallest absolute Gasteiger partial charge is 0.308 e.